The zero-order chi connectivity index (χ0) is 20.4. The largest absolute Gasteiger partial charge is 0.380 e. The molecular formula is C21H23ClN4O2S. The molecule has 29 heavy (non-hydrogen) atoms. The van der Waals surface area contributed by atoms with Crippen LogP contribution in [0.1, 0.15) is 33.1 Å². The predicted molar refractivity (Wildman–Crippen MR) is 119 cm³/mol. The fraction of sp³-hybridized carbons (Fsp3) is 0.381. The number of nitrogens with zero attached hydrogens (tertiary/aromatic N) is 2. The first-order valence-corrected chi connectivity index (χ1v) is 10.9. The monoisotopic (exact) mass is 430 g/mol. The molecule has 1 fully saturated rings. The molecule has 8 heteroatoms. The summed E-state index contributed by atoms with van der Waals surface area (Å²) in [7, 11) is 0. The van der Waals surface area contributed by atoms with Gasteiger partial charge in [-0.3, -0.25) is 4.79 Å². The summed E-state index contributed by atoms with van der Waals surface area (Å²) in [5.41, 5.74) is 3.66. The standard InChI is InChI=1S/C21H23ClN4O2S/c1-12(2)24-17-8-14(11-23-20(17)22)13-5-6-16-18(9-13)29-21(25-16)26-19(27)10-15-4-3-7-28-15/h5-6,8-9,11-12,15,24H,3-4,7,10H2,1-2H3,(H,25,26,27)/t15-/m0/s1. The van der Waals surface area contributed by atoms with Crippen molar-refractivity contribution >= 4 is 49.9 Å². The maximum absolute atomic E-state index is 12.2. The van der Waals surface area contributed by atoms with Gasteiger partial charge >= 0.3 is 0 Å². The third kappa shape index (κ3) is 4.86. The van der Waals surface area contributed by atoms with Crippen LogP contribution in [-0.4, -0.2) is 34.6 Å². The molecule has 1 aliphatic heterocycles. The topological polar surface area (TPSA) is 76.1 Å². The summed E-state index contributed by atoms with van der Waals surface area (Å²) in [6.07, 6.45) is 4.14. The molecule has 1 aromatic carbocycles. The Morgan fingerprint density at radius 1 is 1.34 bits per heavy atom. The third-order valence-corrected chi connectivity index (χ3v) is 5.92. The first-order chi connectivity index (χ1) is 14.0. The Balaban J connectivity index is 1.53. The van der Waals surface area contributed by atoms with Gasteiger partial charge in [-0.25, -0.2) is 9.97 Å². The second-order valence-corrected chi connectivity index (χ2v) is 8.84. The minimum atomic E-state index is -0.0533. The smallest absolute Gasteiger partial charge is 0.228 e. The van der Waals surface area contributed by atoms with Crippen molar-refractivity contribution in [1.29, 1.82) is 0 Å². The van der Waals surface area contributed by atoms with E-state index in [0.29, 0.717) is 16.7 Å². The number of carbonyl (C=O) groups is 1. The van der Waals surface area contributed by atoms with Gasteiger partial charge in [0.05, 0.1) is 28.4 Å². The minimum Gasteiger partial charge on any atom is -0.380 e. The maximum atomic E-state index is 12.2. The number of anilines is 2. The fourth-order valence-corrected chi connectivity index (χ4v) is 4.44. The highest BCUT2D eigenvalue weighted by Gasteiger charge is 2.20. The van der Waals surface area contributed by atoms with Gasteiger partial charge in [-0.05, 0) is 50.5 Å². The fourth-order valence-electron chi connectivity index (χ4n) is 3.36. The highest BCUT2D eigenvalue weighted by atomic mass is 35.5. The van der Waals surface area contributed by atoms with Crippen LogP contribution in [0.15, 0.2) is 30.5 Å². The molecule has 0 saturated carbocycles. The molecule has 0 spiro atoms. The Morgan fingerprint density at radius 2 is 2.21 bits per heavy atom. The van der Waals surface area contributed by atoms with Gasteiger partial charge in [0.2, 0.25) is 5.91 Å². The Hall–Kier alpha value is -2.22. The van der Waals surface area contributed by atoms with Crippen molar-refractivity contribution in [3.05, 3.63) is 35.6 Å². The number of nitrogens with one attached hydrogen (secondary N) is 2. The zero-order valence-corrected chi connectivity index (χ0v) is 17.9. The predicted octanol–water partition coefficient (Wildman–Crippen LogP) is 5.34. The highest BCUT2D eigenvalue weighted by Crippen LogP contribution is 2.32. The van der Waals surface area contributed by atoms with E-state index in [4.69, 9.17) is 16.3 Å². The molecule has 2 N–H and O–H groups in total. The van der Waals surface area contributed by atoms with Gasteiger partial charge in [0.25, 0.3) is 0 Å². The zero-order valence-electron chi connectivity index (χ0n) is 16.4. The number of pyridine rings is 1. The first-order valence-electron chi connectivity index (χ1n) is 9.72. The lowest BCUT2D eigenvalue weighted by molar-refractivity contribution is -0.118. The number of halogens is 1. The van der Waals surface area contributed by atoms with Crippen molar-refractivity contribution in [2.45, 2.75) is 45.3 Å². The Kier molecular flexibility index (Phi) is 5.99. The summed E-state index contributed by atoms with van der Waals surface area (Å²) in [6, 6.07) is 8.29. The van der Waals surface area contributed by atoms with Crippen molar-refractivity contribution in [3.63, 3.8) is 0 Å². The Labute approximate surface area is 178 Å². The maximum Gasteiger partial charge on any atom is 0.228 e. The van der Waals surface area contributed by atoms with Crippen molar-refractivity contribution < 1.29 is 9.53 Å². The summed E-state index contributed by atoms with van der Waals surface area (Å²) in [6.45, 7) is 4.86. The molecule has 4 rings (SSSR count). The van der Waals surface area contributed by atoms with Crippen LogP contribution in [0.5, 0.6) is 0 Å². The number of ether oxygens (including phenoxy) is 1. The van der Waals surface area contributed by atoms with Gasteiger partial charge in [0.15, 0.2) is 10.3 Å². The van der Waals surface area contributed by atoms with E-state index in [-0.39, 0.29) is 18.1 Å². The van der Waals surface area contributed by atoms with Gasteiger partial charge < -0.3 is 15.4 Å². The summed E-state index contributed by atoms with van der Waals surface area (Å²) in [4.78, 5) is 21.1. The number of aromatic nitrogens is 2. The molecule has 1 aliphatic rings. The molecule has 0 aliphatic carbocycles. The van der Waals surface area contributed by atoms with Crippen LogP contribution in [-0.2, 0) is 9.53 Å². The number of hydrogen-bond acceptors (Lipinski definition) is 6. The Morgan fingerprint density at radius 3 is 2.97 bits per heavy atom. The number of rotatable bonds is 6. The molecule has 2 aromatic heterocycles. The number of carbonyl (C=O) groups excluding carboxylic acids is 1. The van der Waals surface area contributed by atoms with Gasteiger partial charge in [-0.2, -0.15) is 0 Å². The van der Waals surface area contributed by atoms with Crippen molar-refractivity contribution in [2.75, 3.05) is 17.2 Å². The third-order valence-electron chi connectivity index (χ3n) is 4.69. The summed E-state index contributed by atoms with van der Waals surface area (Å²) in [5, 5.41) is 7.28. The van der Waals surface area contributed by atoms with E-state index in [1.807, 2.05) is 18.2 Å². The van der Waals surface area contributed by atoms with Crippen LogP contribution in [0.4, 0.5) is 10.8 Å². The van der Waals surface area contributed by atoms with Crippen LogP contribution in [0.25, 0.3) is 21.3 Å². The summed E-state index contributed by atoms with van der Waals surface area (Å²) >= 11 is 7.67. The van der Waals surface area contributed by atoms with E-state index in [9.17, 15) is 4.79 Å². The molecule has 1 amide bonds. The van der Waals surface area contributed by atoms with E-state index in [1.165, 1.54) is 11.3 Å². The molecule has 1 saturated heterocycles. The van der Waals surface area contributed by atoms with E-state index in [0.717, 1.165) is 46.5 Å². The van der Waals surface area contributed by atoms with Crippen LogP contribution >= 0.6 is 22.9 Å². The lowest BCUT2D eigenvalue weighted by Crippen LogP contribution is -2.19. The molecular weight excluding hydrogens is 408 g/mol. The minimum absolute atomic E-state index is 0.0297. The van der Waals surface area contributed by atoms with Crippen molar-refractivity contribution in [1.82, 2.24) is 9.97 Å². The van der Waals surface area contributed by atoms with E-state index < -0.39 is 0 Å². The van der Waals surface area contributed by atoms with Crippen molar-refractivity contribution in [3.8, 4) is 11.1 Å². The molecule has 1 atom stereocenters. The molecule has 0 unspecified atom stereocenters. The van der Waals surface area contributed by atoms with E-state index in [2.05, 4.69) is 40.5 Å². The van der Waals surface area contributed by atoms with Gasteiger partial charge in [-0.1, -0.05) is 29.0 Å². The first kappa shape index (κ1) is 20.1. The van der Waals surface area contributed by atoms with Crippen LogP contribution in [0, 0.1) is 0 Å². The number of benzene rings is 1. The van der Waals surface area contributed by atoms with Crippen molar-refractivity contribution in [2.24, 2.45) is 0 Å². The SMILES string of the molecule is CC(C)Nc1cc(-c2ccc3nc(NC(=O)C[C@@H]4CCCO4)sc3c2)cnc1Cl. The van der Waals surface area contributed by atoms with Gasteiger partial charge in [-0.15, -0.1) is 0 Å². The summed E-state index contributed by atoms with van der Waals surface area (Å²) in [5.74, 6) is -0.0533. The van der Waals surface area contributed by atoms with Crippen LogP contribution in [0.3, 0.4) is 0 Å². The van der Waals surface area contributed by atoms with Crippen LogP contribution < -0.4 is 10.6 Å². The molecule has 3 heterocycles. The number of thiazole rings is 1. The average Bonchev–Trinajstić information content (AvgIpc) is 3.31. The lowest BCUT2D eigenvalue weighted by atomic mass is 10.1. The second-order valence-electron chi connectivity index (χ2n) is 7.45. The number of amides is 1. The number of fused-ring (bicyclic) bond motifs is 1. The molecule has 152 valence electrons. The quantitative estimate of drug-likeness (QED) is 0.516. The Bertz CT molecular complexity index is 1030. The van der Waals surface area contributed by atoms with Gasteiger partial charge in [0.1, 0.15) is 0 Å². The second kappa shape index (κ2) is 8.65. The molecule has 6 nitrogen and oxygen atoms in total. The summed E-state index contributed by atoms with van der Waals surface area (Å²) < 4.78 is 6.53. The van der Waals surface area contributed by atoms with Crippen LogP contribution in [0.2, 0.25) is 5.15 Å². The molecule has 3 aromatic rings. The number of hydrogen-bond donors (Lipinski definition) is 2. The molecule has 0 bridgehead atoms. The molecule has 0 radical (unpaired) electrons. The van der Waals surface area contributed by atoms with Gasteiger partial charge in [0, 0.05) is 24.4 Å². The van der Waals surface area contributed by atoms with E-state index >= 15 is 0 Å². The highest BCUT2D eigenvalue weighted by molar-refractivity contribution is 7.22. The average molecular weight is 431 g/mol. The van der Waals surface area contributed by atoms with E-state index in [1.54, 1.807) is 6.20 Å². The normalized spacial score (nSPS) is 16.5. The lowest BCUT2D eigenvalue weighted by Gasteiger charge is -2.12.